The largest absolute Gasteiger partial charge is 0.316 e. The van der Waals surface area contributed by atoms with Gasteiger partial charge in [0, 0.05) is 22.7 Å². The molecule has 0 aliphatic heterocycles. The van der Waals surface area contributed by atoms with E-state index in [0.29, 0.717) is 10.3 Å². The van der Waals surface area contributed by atoms with Gasteiger partial charge in [-0.3, -0.25) is 4.98 Å². The average molecular weight is 385 g/mol. The van der Waals surface area contributed by atoms with Crippen molar-refractivity contribution >= 4 is 21.6 Å². The highest BCUT2D eigenvalue weighted by molar-refractivity contribution is 9.10. The van der Waals surface area contributed by atoms with E-state index in [1.807, 2.05) is 0 Å². The van der Waals surface area contributed by atoms with Gasteiger partial charge < -0.3 is 5.73 Å². The van der Waals surface area contributed by atoms with Gasteiger partial charge in [0.1, 0.15) is 17.2 Å². The van der Waals surface area contributed by atoms with Crippen LogP contribution in [0.2, 0.25) is 0 Å². The van der Waals surface area contributed by atoms with Crippen LogP contribution in [0, 0.1) is 19.3 Å². The van der Waals surface area contributed by atoms with Crippen molar-refractivity contribution in [2.75, 3.05) is 0 Å². The molecule has 1 heterocycles. The minimum Gasteiger partial charge on any atom is -0.316 e. The fraction of sp³-hybridized carbons (Fsp3) is 0.267. The van der Waals surface area contributed by atoms with E-state index in [4.69, 9.17) is 12.3 Å². The number of nitrogens with zero attached hydrogens (tertiary/aromatic N) is 3. The second-order valence-electron chi connectivity index (χ2n) is 5.00. The van der Waals surface area contributed by atoms with E-state index in [9.17, 15) is 13.2 Å². The smallest absolute Gasteiger partial charge is 0.260 e. The molecule has 0 saturated heterocycles. The Hall–Kier alpha value is -1.98. The van der Waals surface area contributed by atoms with Gasteiger partial charge in [0.15, 0.2) is 0 Å². The van der Waals surface area contributed by atoms with E-state index in [2.05, 4.69) is 30.7 Å². The maximum absolute atomic E-state index is 14.1. The minimum atomic E-state index is -3.06. The van der Waals surface area contributed by atoms with Crippen molar-refractivity contribution < 1.29 is 13.2 Å². The first-order valence-corrected chi connectivity index (χ1v) is 7.29. The molecule has 1 aromatic heterocycles. The zero-order chi connectivity index (χ0) is 17.2. The molecule has 0 aliphatic carbocycles. The van der Waals surface area contributed by atoms with Crippen molar-refractivity contribution in [1.29, 1.82) is 0 Å². The first-order chi connectivity index (χ1) is 10.8. The lowest BCUT2D eigenvalue weighted by Gasteiger charge is -2.30. The van der Waals surface area contributed by atoms with Crippen molar-refractivity contribution in [3.05, 3.63) is 63.2 Å². The quantitative estimate of drug-likeness (QED) is 0.813. The predicted octanol–water partition coefficient (Wildman–Crippen LogP) is 3.90. The number of rotatable bonds is 4. The normalized spacial score (nSPS) is 13.7. The Kier molecular flexibility index (Phi) is 5.02. The maximum atomic E-state index is 14.1. The molecule has 1 aromatic carbocycles. The van der Waals surface area contributed by atoms with E-state index >= 15 is 0 Å². The summed E-state index contributed by atoms with van der Waals surface area (Å²) in [5.74, 6) is -0.523. The first-order valence-electron chi connectivity index (χ1n) is 6.50. The number of hydrogen-bond donors (Lipinski definition) is 1. The maximum Gasteiger partial charge on any atom is 0.260 e. The Morgan fingerprint density at radius 2 is 2.13 bits per heavy atom. The molecule has 0 aliphatic rings. The van der Waals surface area contributed by atoms with Crippen LogP contribution in [-0.4, -0.2) is 16.4 Å². The van der Waals surface area contributed by atoms with Crippen LogP contribution in [0.1, 0.15) is 17.1 Å². The Morgan fingerprint density at radius 3 is 2.74 bits per heavy atom. The van der Waals surface area contributed by atoms with Gasteiger partial charge >= 0.3 is 0 Å². The lowest BCUT2D eigenvalue weighted by molar-refractivity contribution is 0.0491. The van der Waals surface area contributed by atoms with Gasteiger partial charge in [0.25, 0.3) is 6.43 Å². The number of nitrogens with two attached hydrogens (primary N) is 1. The standard InChI is InChI=1S/C15H12BrF3N4/c1-8-22-7-13(21-2)12(23-8)6-15(20,14(18)19)10-5-9(16)3-4-11(10)17/h3-5,7,14H,6,20H2,1H3. The van der Waals surface area contributed by atoms with Crippen molar-refractivity contribution in [3.8, 4) is 0 Å². The van der Waals surface area contributed by atoms with Crippen LogP contribution >= 0.6 is 15.9 Å². The summed E-state index contributed by atoms with van der Waals surface area (Å²) >= 11 is 3.12. The van der Waals surface area contributed by atoms with Crippen LogP contribution in [0.4, 0.5) is 18.9 Å². The Bertz CT molecular complexity index is 776. The SMILES string of the molecule is [C-]#[N+]c1cnc(C)nc1CC(N)(c1cc(Br)ccc1F)C(F)F. The number of alkyl halides is 2. The Labute approximate surface area is 139 Å². The molecular weight excluding hydrogens is 373 g/mol. The molecule has 0 radical (unpaired) electrons. The number of benzene rings is 1. The second-order valence-corrected chi connectivity index (χ2v) is 5.92. The lowest BCUT2D eigenvalue weighted by atomic mass is 9.86. The van der Waals surface area contributed by atoms with Gasteiger partial charge in [-0.15, -0.1) is 0 Å². The fourth-order valence-corrected chi connectivity index (χ4v) is 2.52. The van der Waals surface area contributed by atoms with E-state index in [1.54, 1.807) is 6.92 Å². The summed E-state index contributed by atoms with van der Waals surface area (Å²) in [4.78, 5) is 11.1. The molecule has 2 N–H and O–H groups in total. The number of aromatic nitrogens is 2. The summed E-state index contributed by atoms with van der Waals surface area (Å²) in [6, 6.07) is 3.67. The number of hydrogen-bond acceptors (Lipinski definition) is 3. The molecule has 8 heteroatoms. The highest BCUT2D eigenvalue weighted by atomic mass is 79.9. The monoisotopic (exact) mass is 384 g/mol. The summed E-state index contributed by atoms with van der Waals surface area (Å²) in [6.07, 6.45) is -2.30. The summed E-state index contributed by atoms with van der Waals surface area (Å²) in [5.41, 5.74) is 3.29. The van der Waals surface area contributed by atoms with Gasteiger partial charge in [-0.25, -0.2) is 23.0 Å². The molecule has 4 nitrogen and oxygen atoms in total. The third kappa shape index (κ3) is 3.51. The lowest BCUT2D eigenvalue weighted by Crippen LogP contribution is -2.47. The molecule has 0 fully saturated rings. The molecule has 0 bridgehead atoms. The molecule has 2 rings (SSSR count). The molecule has 0 amide bonds. The van der Waals surface area contributed by atoms with Crippen LogP contribution in [0.15, 0.2) is 28.9 Å². The average Bonchev–Trinajstić information content (AvgIpc) is 2.49. The van der Waals surface area contributed by atoms with Crippen molar-refractivity contribution in [1.82, 2.24) is 9.97 Å². The van der Waals surface area contributed by atoms with Crippen LogP contribution in [0.25, 0.3) is 4.85 Å². The van der Waals surface area contributed by atoms with Gasteiger partial charge in [-0.2, -0.15) is 0 Å². The van der Waals surface area contributed by atoms with Gasteiger partial charge in [-0.1, -0.05) is 15.9 Å². The third-order valence-corrected chi connectivity index (χ3v) is 3.86. The summed E-state index contributed by atoms with van der Waals surface area (Å²) in [6.45, 7) is 8.65. The molecule has 0 spiro atoms. The number of halogens is 4. The molecule has 23 heavy (non-hydrogen) atoms. The Balaban J connectivity index is 2.57. The molecule has 120 valence electrons. The zero-order valence-corrected chi connectivity index (χ0v) is 13.6. The van der Waals surface area contributed by atoms with Crippen molar-refractivity contribution in [3.63, 3.8) is 0 Å². The fourth-order valence-electron chi connectivity index (χ4n) is 2.16. The van der Waals surface area contributed by atoms with E-state index < -0.39 is 24.2 Å². The van der Waals surface area contributed by atoms with E-state index in [0.717, 1.165) is 6.07 Å². The van der Waals surface area contributed by atoms with Crippen LogP contribution in [0.3, 0.4) is 0 Å². The molecule has 1 unspecified atom stereocenters. The van der Waals surface area contributed by atoms with E-state index in [1.165, 1.54) is 18.3 Å². The third-order valence-electron chi connectivity index (χ3n) is 3.37. The van der Waals surface area contributed by atoms with Crippen LogP contribution in [0.5, 0.6) is 0 Å². The highest BCUT2D eigenvalue weighted by Crippen LogP contribution is 2.34. The predicted molar refractivity (Wildman–Crippen MR) is 82.7 cm³/mol. The van der Waals surface area contributed by atoms with Crippen LogP contribution in [-0.2, 0) is 12.0 Å². The van der Waals surface area contributed by atoms with Gasteiger partial charge in [0.2, 0.25) is 5.69 Å². The minimum absolute atomic E-state index is 0.0153. The van der Waals surface area contributed by atoms with Gasteiger partial charge in [0.05, 0.1) is 12.3 Å². The van der Waals surface area contributed by atoms with Crippen LogP contribution < -0.4 is 5.73 Å². The van der Waals surface area contributed by atoms with E-state index in [-0.39, 0.29) is 16.9 Å². The molecule has 0 saturated carbocycles. The second kappa shape index (κ2) is 6.64. The number of aryl methyl sites for hydroxylation is 1. The molecular formula is C15H12BrF3N4. The van der Waals surface area contributed by atoms with Gasteiger partial charge in [-0.05, 0) is 25.1 Å². The summed E-state index contributed by atoms with van der Waals surface area (Å²) in [7, 11) is 0. The molecule has 1 atom stereocenters. The summed E-state index contributed by atoms with van der Waals surface area (Å²) < 4.78 is 41.8. The zero-order valence-electron chi connectivity index (χ0n) is 12.0. The van der Waals surface area contributed by atoms with Crippen molar-refractivity contribution in [2.45, 2.75) is 25.3 Å². The summed E-state index contributed by atoms with van der Waals surface area (Å²) in [5, 5.41) is 0. The highest BCUT2D eigenvalue weighted by Gasteiger charge is 2.41. The Morgan fingerprint density at radius 1 is 1.43 bits per heavy atom. The first kappa shape index (κ1) is 17.4. The van der Waals surface area contributed by atoms with Crippen molar-refractivity contribution in [2.24, 2.45) is 5.73 Å². The topological polar surface area (TPSA) is 56.2 Å². The molecule has 2 aromatic rings.